The number of nitrogen functional groups attached to an aromatic ring is 1. The average molecular weight is 316 g/mol. The summed E-state index contributed by atoms with van der Waals surface area (Å²) in [5.41, 5.74) is 7.20. The fraction of sp³-hybridized carbons (Fsp3) is 0.250. The summed E-state index contributed by atoms with van der Waals surface area (Å²) >= 11 is 5.95. The molecule has 0 amide bonds. The lowest BCUT2D eigenvalue weighted by molar-refractivity contribution is 0.390. The van der Waals surface area contributed by atoms with Gasteiger partial charge in [-0.2, -0.15) is 0 Å². The van der Waals surface area contributed by atoms with Crippen LogP contribution in [0.3, 0.4) is 0 Å². The van der Waals surface area contributed by atoms with Gasteiger partial charge in [0.15, 0.2) is 0 Å². The van der Waals surface area contributed by atoms with Gasteiger partial charge in [0.25, 0.3) is 0 Å². The maximum Gasteiger partial charge on any atom is 0.241 e. The van der Waals surface area contributed by atoms with Crippen LogP contribution < -0.4 is 10.5 Å². The molecule has 0 unspecified atom stereocenters. The number of nitrogens with zero attached hydrogens (tertiary/aromatic N) is 1. The Morgan fingerprint density at radius 1 is 1.35 bits per heavy atom. The van der Waals surface area contributed by atoms with Crippen molar-refractivity contribution in [2.75, 3.05) is 5.73 Å². The molecule has 0 saturated heterocycles. The molecule has 0 radical (unpaired) electrons. The monoisotopic (exact) mass is 315 g/mol. The fourth-order valence-electron chi connectivity index (χ4n) is 1.58. The summed E-state index contributed by atoms with van der Waals surface area (Å²) in [6.45, 7) is 3.48. The van der Waals surface area contributed by atoms with Gasteiger partial charge in [-0.15, -0.1) is 0 Å². The Hall–Kier alpha value is -1.57. The third-order valence-electron chi connectivity index (χ3n) is 2.79. The first kappa shape index (κ1) is 14.8. The van der Waals surface area contributed by atoms with E-state index in [0.717, 1.165) is 0 Å². The molecule has 2 rings (SSSR count). The zero-order chi connectivity index (χ0) is 14.9. The van der Waals surface area contributed by atoms with E-state index < -0.39 is 10.0 Å². The molecule has 1 aromatic carbocycles. The topological polar surface area (TPSA) is 98.2 Å². The molecule has 6 nitrogen and oxygen atoms in total. The lowest BCUT2D eigenvalue weighted by Crippen LogP contribution is -2.23. The lowest BCUT2D eigenvalue weighted by Gasteiger charge is -2.09. The summed E-state index contributed by atoms with van der Waals surface area (Å²) < 4.78 is 31.6. The Bertz CT molecular complexity index is 717. The first-order valence-electron chi connectivity index (χ1n) is 5.77. The minimum Gasteiger partial charge on any atom is -0.398 e. The summed E-state index contributed by atoms with van der Waals surface area (Å²) in [6.07, 6.45) is 0. The van der Waals surface area contributed by atoms with Gasteiger partial charge in [0.1, 0.15) is 5.76 Å². The highest BCUT2D eigenvalue weighted by Gasteiger charge is 2.17. The Kier molecular flexibility index (Phi) is 4.03. The molecule has 0 bridgehead atoms. The average Bonchev–Trinajstić information content (AvgIpc) is 2.79. The van der Waals surface area contributed by atoms with Crippen LogP contribution in [-0.4, -0.2) is 13.6 Å². The SMILES string of the molecule is Cc1cc(CNS(=O)(=O)c2cc(N)c(C)c(Cl)c2)no1. The molecule has 1 aromatic heterocycles. The van der Waals surface area contributed by atoms with E-state index >= 15 is 0 Å². The van der Waals surface area contributed by atoms with Gasteiger partial charge in [-0.1, -0.05) is 16.8 Å². The van der Waals surface area contributed by atoms with Gasteiger partial charge in [0, 0.05) is 16.8 Å². The van der Waals surface area contributed by atoms with E-state index in [4.69, 9.17) is 21.9 Å². The van der Waals surface area contributed by atoms with Crippen molar-refractivity contribution in [1.82, 2.24) is 9.88 Å². The number of aromatic nitrogens is 1. The van der Waals surface area contributed by atoms with Crippen LogP contribution in [0.4, 0.5) is 5.69 Å². The Morgan fingerprint density at radius 2 is 2.05 bits per heavy atom. The van der Waals surface area contributed by atoms with Crippen LogP contribution in [0.25, 0.3) is 0 Å². The van der Waals surface area contributed by atoms with Crippen molar-refractivity contribution in [1.29, 1.82) is 0 Å². The Labute approximate surface area is 122 Å². The zero-order valence-electron chi connectivity index (χ0n) is 11.0. The van der Waals surface area contributed by atoms with Crippen LogP contribution >= 0.6 is 11.6 Å². The van der Waals surface area contributed by atoms with Gasteiger partial charge in [-0.25, -0.2) is 13.1 Å². The normalized spacial score (nSPS) is 11.8. The Morgan fingerprint density at radius 3 is 2.60 bits per heavy atom. The largest absolute Gasteiger partial charge is 0.398 e. The van der Waals surface area contributed by atoms with Crippen molar-refractivity contribution in [3.05, 3.63) is 40.2 Å². The second-order valence-corrected chi connectivity index (χ2v) is 6.55. The van der Waals surface area contributed by atoms with Gasteiger partial charge < -0.3 is 10.3 Å². The van der Waals surface area contributed by atoms with Crippen molar-refractivity contribution in [2.24, 2.45) is 0 Å². The van der Waals surface area contributed by atoms with Crippen LogP contribution in [0.5, 0.6) is 0 Å². The highest BCUT2D eigenvalue weighted by molar-refractivity contribution is 7.89. The maximum absolute atomic E-state index is 12.1. The van der Waals surface area contributed by atoms with E-state index in [2.05, 4.69) is 9.88 Å². The molecule has 0 saturated carbocycles. The number of rotatable bonds is 4. The van der Waals surface area contributed by atoms with E-state index in [1.165, 1.54) is 12.1 Å². The predicted molar refractivity (Wildman–Crippen MR) is 75.9 cm³/mol. The van der Waals surface area contributed by atoms with Gasteiger partial charge >= 0.3 is 0 Å². The number of benzene rings is 1. The number of hydrogen-bond donors (Lipinski definition) is 2. The van der Waals surface area contributed by atoms with Gasteiger partial charge in [-0.3, -0.25) is 0 Å². The molecule has 0 fully saturated rings. The molecule has 0 aliphatic carbocycles. The van der Waals surface area contributed by atoms with E-state index in [-0.39, 0.29) is 11.4 Å². The second kappa shape index (κ2) is 5.43. The third-order valence-corrected chi connectivity index (χ3v) is 4.56. The molecule has 8 heteroatoms. The van der Waals surface area contributed by atoms with Gasteiger partial charge in [0.2, 0.25) is 10.0 Å². The van der Waals surface area contributed by atoms with Gasteiger partial charge in [0.05, 0.1) is 17.1 Å². The molecular weight excluding hydrogens is 302 g/mol. The van der Waals surface area contributed by atoms with E-state index in [9.17, 15) is 8.42 Å². The summed E-state index contributed by atoms with van der Waals surface area (Å²) in [4.78, 5) is 0.0193. The molecule has 20 heavy (non-hydrogen) atoms. The second-order valence-electron chi connectivity index (χ2n) is 4.37. The molecule has 3 N–H and O–H groups in total. The van der Waals surface area contributed by atoms with Crippen LogP contribution in [0.1, 0.15) is 17.0 Å². The van der Waals surface area contributed by atoms with E-state index in [0.29, 0.717) is 27.7 Å². The van der Waals surface area contributed by atoms with Crippen LogP contribution in [0.2, 0.25) is 5.02 Å². The summed E-state index contributed by atoms with van der Waals surface area (Å²) in [6, 6.07) is 4.39. The van der Waals surface area contributed by atoms with Crippen molar-refractivity contribution in [2.45, 2.75) is 25.3 Å². The number of hydrogen-bond acceptors (Lipinski definition) is 5. The molecule has 0 atom stereocenters. The number of sulfonamides is 1. The molecule has 0 spiro atoms. The lowest BCUT2D eigenvalue weighted by atomic mass is 10.2. The smallest absolute Gasteiger partial charge is 0.241 e. The first-order valence-corrected chi connectivity index (χ1v) is 7.63. The van der Waals surface area contributed by atoms with Crippen LogP contribution in [0.15, 0.2) is 27.6 Å². The first-order chi connectivity index (χ1) is 9.29. The zero-order valence-corrected chi connectivity index (χ0v) is 12.5. The molecular formula is C12H14ClN3O3S. The highest BCUT2D eigenvalue weighted by Crippen LogP contribution is 2.25. The fourth-order valence-corrected chi connectivity index (χ4v) is 2.93. The van der Waals surface area contributed by atoms with Crippen LogP contribution in [-0.2, 0) is 16.6 Å². The summed E-state index contributed by atoms with van der Waals surface area (Å²) in [5.74, 6) is 0.613. The Balaban J connectivity index is 2.22. The standard InChI is InChI=1S/C12H14ClN3O3S/c1-7-3-9(16-19-7)6-15-20(17,18)10-4-11(13)8(2)12(14)5-10/h3-5,15H,6,14H2,1-2H3. The van der Waals surface area contributed by atoms with Crippen molar-refractivity contribution < 1.29 is 12.9 Å². The molecule has 0 aliphatic heterocycles. The molecule has 1 heterocycles. The van der Waals surface area contributed by atoms with Crippen molar-refractivity contribution in [3.63, 3.8) is 0 Å². The van der Waals surface area contributed by atoms with E-state index in [1.807, 2.05) is 0 Å². The van der Waals surface area contributed by atoms with Gasteiger partial charge in [-0.05, 0) is 31.5 Å². The summed E-state index contributed by atoms with van der Waals surface area (Å²) in [5, 5.41) is 4.02. The quantitative estimate of drug-likeness (QED) is 0.841. The predicted octanol–water partition coefficient (Wildman–Crippen LogP) is 2.01. The molecule has 2 aromatic rings. The molecule has 0 aliphatic rings. The van der Waals surface area contributed by atoms with Crippen molar-refractivity contribution in [3.8, 4) is 0 Å². The van der Waals surface area contributed by atoms with Crippen molar-refractivity contribution >= 4 is 27.3 Å². The minimum absolute atomic E-state index is 0.0193. The molecule has 108 valence electrons. The summed E-state index contributed by atoms with van der Waals surface area (Å²) in [7, 11) is -3.71. The van der Waals surface area contributed by atoms with Crippen LogP contribution in [0, 0.1) is 13.8 Å². The van der Waals surface area contributed by atoms with E-state index in [1.54, 1.807) is 19.9 Å². The minimum atomic E-state index is -3.71. The number of nitrogens with two attached hydrogens (primary N) is 1. The number of anilines is 1. The highest BCUT2D eigenvalue weighted by atomic mass is 35.5. The number of nitrogens with one attached hydrogen (secondary N) is 1. The number of halogens is 1. The maximum atomic E-state index is 12.1. The number of aryl methyl sites for hydroxylation is 1. The third kappa shape index (κ3) is 3.12.